The van der Waals surface area contributed by atoms with Gasteiger partial charge in [0.1, 0.15) is 0 Å². The van der Waals surface area contributed by atoms with Gasteiger partial charge in [0.2, 0.25) is 5.91 Å². The van der Waals surface area contributed by atoms with E-state index >= 15 is 0 Å². The molecule has 0 aromatic carbocycles. The van der Waals surface area contributed by atoms with E-state index in [9.17, 15) is 4.79 Å². The van der Waals surface area contributed by atoms with Crippen molar-refractivity contribution in [3.63, 3.8) is 0 Å². The molecule has 0 aromatic rings. The first-order chi connectivity index (χ1) is 7.52. The quantitative estimate of drug-likeness (QED) is 0.824. The molecule has 2 fully saturated rings. The number of nitrogens with zero attached hydrogens (tertiary/aromatic N) is 1. The van der Waals surface area contributed by atoms with Gasteiger partial charge in [-0.05, 0) is 44.2 Å². The van der Waals surface area contributed by atoms with Gasteiger partial charge in [-0.25, -0.2) is 0 Å². The van der Waals surface area contributed by atoms with Gasteiger partial charge in [0, 0.05) is 19.0 Å². The number of amides is 1. The van der Waals surface area contributed by atoms with Crippen molar-refractivity contribution in [2.45, 2.75) is 45.6 Å². The van der Waals surface area contributed by atoms with E-state index in [4.69, 9.17) is 0 Å². The molecule has 3 nitrogen and oxygen atoms in total. The fraction of sp³-hybridized carbons (Fsp3) is 0.923. The summed E-state index contributed by atoms with van der Waals surface area (Å²) in [7, 11) is 1.99. The number of hydrogen-bond donors (Lipinski definition) is 1. The minimum absolute atomic E-state index is 0. The minimum atomic E-state index is 0. The molecule has 1 amide bonds. The van der Waals surface area contributed by atoms with Gasteiger partial charge in [-0.1, -0.05) is 13.8 Å². The van der Waals surface area contributed by atoms with Crippen LogP contribution >= 0.6 is 12.4 Å². The third-order valence-corrected chi connectivity index (χ3v) is 4.25. The SMILES string of the molecule is CN(C(=O)C1CC1(C)C)C1CCCNCC1.Cl. The maximum atomic E-state index is 12.2. The molecular weight excluding hydrogens is 236 g/mol. The van der Waals surface area contributed by atoms with Crippen molar-refractivity contribution in [1.82, 2.24) is 10.2 Å². The summed E-state index contributed by atoms with van der Waals surface area (Å²) in [6.07, 6.45) is 4.52. The maximum absolute atomic E-state index is 12.2. The Kier molecular flexibility index (Phi) is 4.85. The van der Waals surface area contributed by atoms with Crippen LogP contribution in [0, 0.1) is 11.3 Å². The van der Waals surface area contributed by atoms with Crippen LogP contribution in [0.5, 0.6) is 0 Å². The molecule has 2 aliphatic rings. The van der Waals surface area contributed by atoms with Crippen LogP contribution in [0.15, 0.2) is 0 Å². The lowest BCUT2D eigenvalue weighted by molar-refractivity contribution is -0.134. The fourth-order valence-corrected chi connectivity index (χ4v) is 2.70. The zero-order valence-electron chi connectivity index (χ0n) is 11.2. The zero-order chi connectivity index (χ0) is 11.8. The first kappa shape index (κ1) is 14.8. The Bertz CT molecular complexity index is 273. The molecule has 2 unspecified atom stereocenters. The summed E-state index contributed by atoms with van der Waals surface area (Å²) in [6.45, 7) is 6.54. The van der Waals surface area contributed by atoms with E-state index in [0.29, 0.717) is 11.9 Å². The Morgan fingerprint density at radius 3 is 2.53 bits per heavy atom. The van der Waals surface area contributed by atoms with Crippen LogP contribution in [0.25, 0.3) is 0 Å². The van der Waals surface area contributed by atoms with Gasteiger partial charge in [0.15, 0.2) is 0 Å². The predicted molar refractivity (Wildman–Crippen MR) is 72.4 cm³/mol. The third-order valence-electron chi connectivity index (χ3n) is 4.25. The molecule has 1 aliphatic carbocycles. The Balaban J connectivity index is 0.00000144. The third kappa shape index (κ3) is 3.35. The average molecular weight is 261 g/mol. The Morgan fingerprint density at radius 2 is 1.94 bits per heavy atom. The summed E-state index contributed by atoms with van der Waals surface area (Å²) >= 11 is 0. The second kappa shape index (κ2) is 5.57. The highest BCUT2D eigenvalue weighted by atomic mass is 35.5. The highest BCUT2D eigenvalue weighted by molar-refractivity contribution is 5.85. The van der Waals surface area contributed by atoms with Crippen LogP contribution in [0.3, 0.4) is 0 Å². The molecule has 1 saturated carbocycles. The lowest BCUT2D eigenvalue weighted by Crippen LogP contribution is -2.39. The van der Waals surface area contributed by atoms with E-state index in [0.717, 1.165) is 32.4 Å². The van der Waals surface area contributed by atoms with Crippen molar-refractivity contribution in [2.24, 2.45) is 11.3 Å². The number of nitrogens with one attached hydrogen (secondary N) is 1. The van der Waals surface area contributed by atoms with E-state index in [-0.39, 0.29) is 23.7 Å². The molecule has 4 heteroatoms. The lowest BCUT2D eigenvalue weighted by atomic mass is 10.1. The summed E-state index contributed by atoms with van der Waals surface area (Å²) in [5.74, 6) is 0.658. The van der Waals surface area contributed by atoms with Crippen LogP contribution < -0.4 is 5.32 Å². The summed E-state index contributed by atoms with van der Waals surface area (Å²) in [4.78, 5) is 14.3. The van der Waals surface area contributed by atoms with Gasteiger partial charge in [-0.15, -0.1) is 12.4 Å². The largest absolute Gasteiger partial charge is 0.342 e. The molecule has 1 saturated heterocycles. The number of carbonyl (C=O) groups is 1. The lowest BCUT2D eigenvalue weighted by Gasteiger charge is -2.27. The predicted octanol–water partition coefficient (Wildman–Crippen LogP) is 2.05. The van der Waals surface area contributed by atoms with E-state index in [1.165, 1.54) is 6.42 Å². The highest BCUT2D eigenvalue weighted by Gasteiger charge is 2.52. The van der Waals surface area contributed by atoms with Gasteiger partial charge >= 0.3 is 0 Å². The number of hydrogen-bond acceptors (Lipinski definition) is 2. The molecule has 0 aromatic heterocycles. The first-order valence-electron chi connectivity index (χ1n) is 6.50. The summed E-state index contributed by atoms with van der Waals surface area (Å²) in [5.41, 5.74) is 0.258. The average Bonchev–Trinajstić information content (AvgIpc) is 2.94. The van der Waals surface area contributed by atoms with Gasteiger partial charge < -0.3 is 10.2 Å². The molecular formula is C13H25ClN2O. The van der Waals surface area contributed by atoms with E-state index in [1.54, 1.807) is 0 Å². The van der Waals surface area contributed by atoms with Gasteiger partial charge in [0.25, 0.3) is 0 Å². The first-order valence-corrected chi connectivity index (χ1v) is 6.50. The topological polar surface area (TPSA) is 32.3 Å². The highest BCUT2D eigenvalue weighted by Crippen LogP contribution is 2.52. The summed E-state index contributed by atoms with van der Waals surface area (Å²) in [5, 5.41) is 3.39. The standard InChI is InChI=1S/C13H24N2O.ClH/c1-13(2)9-11(13)12(16)15(3)10-5-4-7-14-8-6-10;/h10-11,14H,4-9H2,1-3H3;1H. The van der Waals surface area contributed by atoms with Gasteiger partial charge in [-0.2, -0.15) is 0 Å². The van der Waals surface area contributed by atoms with Crippen molar-refractivity contribution in [3.8, 4) is 0 Å². The molecule has 17 heavy (non-hydrogen) atoms. The van der Waals surface area contributed by atoms with Crippen molar-refractivity contribution < 1.29 is 4.79 Å². The second-order valence-corrected chi connectivity index (χ2v) is 6.03. The minimum Gasteiger partial charge on any atom is -0.342 e. The normalized spacial score (nSPS) is 31.0. The molecule has 1 N–H and O–H groups in total. The molecule has 0 radical (unpaired) electrons. The van der Waals surface area contributed by atoms with E-state index in [2.05, 4.69) is 19.2 Å². The van der Waals surface area contributed by atoms with Crippen LogP contribution in [-0.2, 0) is 4.79 Å². The molecule has 1 aliphatic heterocycles. The number of carbonyl (C=O) groups excluding carboxylic acids is 1. The van der Waals surface area contributed by atoms with Gasteiger partial charge in [-0.3, -0.25) is 4.79 Å². The van der Waals surface area contributed by atoms with Crippen LogP contribution in [0.4, 0.5) is 0 Å². The van der Waals surface area contributed by atoms with E-state index < -0.39 is 0 Å². The van der Waals surface area contributed by atoms with Crippen molar-refractivity contribution in [3.05, 3.63) is 0 Å². The number of halogens is 1. The monoisotopic (exact) mass is 260 g/mol. The smallest absolute Gasteiger partial charge is 0.226 e. The van der Waals surface area contributed by atoms with Crippen LogP contribution in [0.1, 0.15) is 39.5 Å². The fourth-order valence-electron chi connectivity index (χ4n) is 2.70. The molecule has 2 atom stereocenters. The second-order valence-electron chi connectivity index (χ2n) is 6.03. The molecule has 0 bridgehead atoms. The molecule has 0 spiro atoms. The van der Waals surface area contributed by atoms with Crippen molar-refractivity contribution in [1.29, 1.82) is 0 Å². The molecule has 1 heterocycles. The Hall–Kier alpha value is -0.280. The maximum Gasteiger partial charge on any atom is 0.226 e. The summed E-state index contributed by atoms with van der Waals surface area (Å²) < 4.78 is 0. The van der Waals surface area contributed by atoms with Crippen molar-refractivity contribution in [2.75, 3.05) is 20.1 Å². The number of rotatable bonds is 2. The van der Waals surface area contributed by atoms with Crippen LogP contribution in [-0.4, -0.2) is 37.0 Å². The van der Waals surface area contributed by atoms with E-state index in [1.807, 2.05) is 11.9 Å². The summed E-state index contributed by atoms with van der Waals surface area (Å²) in [6, 6.07) is 0.457. The molecule has 100 valence electrons. The van der Waals surface area contributed by atoms with Crippen LogP contribution in [0.2, 0.25) is 0 Å². The van der Waals surface area contributed by atoms with Crippen molar-refractivity contribution >= 4 is 18.3 Å². The zero-order valence-corrected chi connectivity index (χ0v) is 12.0. The Morgan fingerprint density at radius 1 is 1.29 bits per heavy atom. The van der Waals surface area contributed by atoms with Gasteiger partial charge in [0.05, 0.1) is 0 Å². The molecule has 2 rings (SSSR count). The Labute approximate surface area is 111 Å².